The summed E-state index contributed by atoms with van der Waals surface area (Å²) in [7, 11) is 2.10. The van der Waals surface area contributed by atoms with Crippen molar-refractivity contribution in [3.05, 3.63) is 34.3 Å². The summed E-state index contributed by atoms with van der Waals surface area (Å²) < 4.78 is 5.74. The van der Waals surface area contributed by atoms with E-state index in [1.165, 1.54) is 11.3 Å². The summed E-state index contributed by atoms with van der Waals surface area (Å²) in [5.41, 5.74) is 5.00. The molecule has 1 amide bonds. The Labute approximate surface area is 194 Å². The number of hydrazine groups is 1. The topological polar surface area (TPSA) is 81.5 Å². The molecule has 0 aliphatic carbocycles. The summed E-state index contributed by atoms with van der Waals surface area (Å²) in [6.45, 7) is 10.1. The first-order valence-electron chi connectivity index (χ1n) is 10.3. The van der Waals surface area contributed by atoms with Gasteiger partial charge in [-0.2, -0.15) is 5.26 Å². The smallest absolute Gasteiger partial charge is 0.277 e. The van der Waals surface area contributed by atoms with E-state index in [-0.39, 0.29) is 18.3 Å². The number of carbonyl (C=O) groups excluding carboxylic acids is 1. The van der Waals surface area contributed by atoms with Crippen molar-refractivity contribution in [2.24, 2.45) is 5.92 Å². The normalized spacial score (nSPS) is 15.1. The lowest BCUT2D eigenvalue weighted by Gasteiger charge is -2.20. The Kier molecular flexibility index (Phi) is 9.26. The van der Waals surface area contributed by atoms with Gasteiger partial charge in [0.25, 0.3) is 5.91 Å². The van der Waals surface area contributed by atoms with Crippen LogP contribution in [0.1, 0.15) is 41.2 Å². The van der Waals surface area contributed by atoms with Gasteiger partial charge in [0.05, 0.1) is 17.9 Å². The first-order chi connectivity index (χ1) is 14.4. The summed E-state index contributed by atoms with van der Waals surface area (Å²) in [5, 5.41) is 12.2. The molecule has 0 atom stereocenters. The van der Waals surface area contributed by atoms with Crippen molar-refractivity contribution in [3.63, 3.8) is 0 Å². The van der Waals surface area contributed by atoms with Crippen molar-refractivity contribution in [1.29, 1.82) is 5.26 Å². The summed E-state index contributed by atoms with van der Waals surface area (Å²) >= 11 is 1.35. The number of nitrogens with zero attached hydrogens (tertiary/aromatic N) is 4. The van der Waals surface area contributed by atoms with Crippen LogP contribution in [0.3, 0.4) is 0 Å². The maximum atomic E-state index is 12.8. The van der Waals surface area contributed by atoms with Gasteiger partial charge in [0.15, 0.2) is 0 Å². The highest BCUT2D eigenvalue weighted by Crippen LogP contribution is 2.31. The maximum Gasteiger partial charge on any atom is 0.277 e. The van der Waals surface area contributed by atoms with E-state index in [9.17, 15) is 10.1 Å². The number of nitriles is 1. The number of rotatable bonds is 6. The average molecular weight is 464 g/mol. The van der Waals surface area contributed by atoms with Gasteiger partial charge in [0.1, 0.15) is 21.7 Å². The number of thiazole rings is 1. The lowest BCUT2D eigenvalue weighted by molar-refractivity contribution is 0.0799. The Morgan fingerprint density at radius 1 is 1.32 bits per heavy atom. The second-order valence-electron chi connectivity index (χ2n) is 8.05. The quantitative estimate of drug-likeness (QED) is 0.702. The number of halogens is 1. The predicted octanol–water partition coefficient (Wildman–Crippen LogP) is 3.73. The van der Waals surface area contributed by atoms with Crippen LogP contribution in [0.4, 0.5) is 0 Å². The molecule has 1 aromatic carbocycles. The Morgan fingerprint density at radius 3 is 2.81 bits per heavy atom. The van der Waals surface area contributed by atoms with Crippen molar-refractivity contribution in [2.75, 3.05) is 39.8 Å². The first-order valence-corrected chi connectivity index (χ1v) is 11.1. The summed E-state index contributed by atoms with van der Waals surface area (Å²) in [6.07, 6.45) is 1.02. The molecule has 1 N–H and O–H groups in total. The molecule has 3 rings (SSSR count). The van der Waals surface area contributed by atoms with E-state index in [4.69, 9.17) is 4.74 Å². The minimum absolute atomic E-state index is 0. The third kappa shape index (κ3) is 6.65. The van der Waals surface area contributed by atoms with Crippen LogP contribution in [0.15, 0.2) is 18.2 Å². The molecule has 0 unspecified atom stereocenters. The molecule has 2 heterocycles. The lowest BCUT2D eigenvalue weighted by atomic mass is 10.1. The third-order valence-corrected chi connectivity index (χ3v) is 6.11. The van der Waals surface area contributed by atoms with Crippen molar-refractivity contribution in [1.82, 2.24) is 20.3 Å². The molecule has 2 aromatic rings. The number of amides is 1. The van der Waals surface area contributed by atoms with Crippen LogP contribution in [0, 0.1) is 24.2 Å². The van der Waals surface area contributed by atoms with Crippen LogP contribution >= 0.6 is 23.7 Å². The standard InChI is InChI=1S/C22H29N5O2S.ClH/c1-15(2)14-29-19-7-6-17(12-18(19)13-23)22-24-16(3)20(30-22)21(28)25-27-9-5-8-26(4)10-11-27;/h6-7,12,15H,5,8-11,14H2,1-4H3,(H,25,28);1H. The predicted molar refractivity (Wildman–Crippen MR) is 126 cm³/mol. The average Bonchev–Trinajstić information content (AvgIpc) is 3.00. The van der Waals surface area contributed by atoms with Gasteiger partial charge < -0.3 is 9.64 Å². The van der Waals surface area contributed by atoms with Gasteiger partial charge >= 0.3 is 0 Å². The third-order valence-electron chi connectivity index (χ3n) is 4.90. The minimum atomic E-state index is -0.127. The molecule has 9 heteroatoms. The number of benzene rings is 1. The van der Waals surface area contributed by atoms with Crippen LogP contribution < -0.4 is 10.2 Å². The number of hydrogen-bond acceptors (Lipinski definition) is 7. The largest absolute Gasteiger partial charge is 0.492 e. The Morgan fingerprint density at radius 2 is 2.10 bits per heavy atom. The van der Waals surface area contributed by atoms with E-state index in [1.807, 2.05) is 18.0 Å². The van der Waals surface area contributed by atoms with E-state index in [2.05, 4.69) is 42.3 Å². The zero-order chi connectivity index (χ0) is 21.7. The van der Waals surface area contributed by atoms with Gasteiger partial charge in [0.2, 0.25) is 0 Å². The monoisotopic (exact) mass is 463 g/mol. The second kappa shape index (κ2) is 11.4. The lowest BCUT2D eigenvalue weighted by Crippen LogP contribution is -2.44. The molecule has 1 aliphatic heterocycles. The van der Waals surface area contributed by atoms with E-state index < -0.39 is 0 Å². The molecule has 7 nitrogen and oxygen atoms in total. The molecular weight excluding hydrogens is 434 g/mol. The number of carbonyl (C=O) groups is 1. The highest BCUT2D eigenvalue weighted by molar-refractivity contribution is 7.17. The fourth-order valence-corrected chi connectivity index (χ4v) is 4.17. The van der Waals surface area contributed by atoms with Gasteiger partial charge in [-0.1, -0.05) is 13.8 Å². The molecule has 0 spiro atoms. The zero-order valence-electron chi connectivity index (χ0n) is 18.5. The highest BCUT2D eigenvalue weighted by atomic mass is 35.5. The van der Waals surface area contributed by atoms with E-state index in [1.54, 1.807) is 12.1 Å². The SMILES string of the molecule is Cc1nc(-c2ccc(OCC(C)C)c(C#N)c2)sc1C(=O)NN1CCCN(C)CC1.Cl. The zero-order valence-corrected chi connectivity index (χ0v) is 20.1. The number of aromatic nitrogens is 1. The van der Waals surface area contributed by atoms with Gasteiger partial charge in [-0.3, -0.25) is 10.2 Å². The molecule has 0 saturated carbocycles. The minimum Gasteiger partial charge on any atom is -0.492 e. The second-order valence-corrected chi connectivity index (χ2v) is 9.05. The fraction of sp³-hybridized carbons (Fsp3) is 0.500. The Balaban J connectivity index is 0.00000341. The molecule has 1 fully saturated rings. The van der Waals surface area contributed by atoms with Gasteiger partial charge in [0, 0.05) is 25.2 Å². The molecular formula is C22H30ClN5O2S. The van der Waals surface area contributed by atoms with Crippen molar-refractivity contribution < 1.29 is 9.53 Å². The number of ether oxygens (including phenoxy) is 1. The fourth-order valence-electron chi connectivity index (χ4n) is 3.22. The van der Waals surface area contributed by atoms with Crippen LogP contribution in [0.5, 0.6) is 5.75 Å². The molecule has 0 bridgehead atoms. The maximum absolute atomic E-state index is 12.8. The van der Waals surface area contributed by atoms with E-state index >= 15 is 0 Å². The van der Waals surface area contributed by atoms with Crippen molar-refractivity contribution in [2.45, 2.75) is 27.2 Å². The number of likely N-dealkylation sites (N-methyl/N-ethyl adjacent to an activating group) is 1. The first kappa shape index (κ1) is 25.1. The highest BCUT2D eigenvalue weighted by Gasteiger charge is 2.20. The van der Waals surface area contributed by atoms with Crippen LogP contribution in [-0.2, 0) is 0 Å². The van der Waals surface area contributed by atoms with Crippen LogP contribution in [-0.4, -0.2) is 60.6 Å². The van der Waals surface area contributed by atoms with E-state index in [0.29, 0.717) is 34.4 Å². The molecule has 31 heavy (non-hydrogen) atoms. The number of hydrogen-bond donors (Lipinski definition) is 1. The molecule has 0 radical (unpaired) electrons. The van der Waals surface area contributed by atoms with Gasteiger partial charge in [-0.25, -0.2) is 9.99 Å². The van der Waals surface area contributed by atoms with Gasteiger partial charge in [-0.15, -0.1) is 23.7 Å². The summed E-state index contributed by atoms with van der Waals surface area (Å²) in [6, 6.07) is 7.67. The van der Waals surface area contributed by atoms with Crippen molar-refractivity contribution >= 4 is 29.7 Å². The Bertz CT molecular complexity index is 940. The number of aryl methyl sites for hydroxylation is 1. The Hall–Kier alpha value is -2.18. The summed E-state index contributed by atoms with van der Waals surface area (Å²) in [5.74, 6) is 0.828. The van der Waals surface area contributed by atoms with Crippen LogP contribution in [0.2, 0.25) is 0 Å². The van der Waals surface area contributed by atoms with Gasteiger partial charge in [-0.05, 0) is 51.1 Å². The summed E-state index contributed by atoms with van der Waals surface area (Å²) in [4.78, 5) is 20.3. The van der Waals surface area contributed by atoms with E-state index in [0.717, 1.165) is 43.2 Å². The molecule has 168 valence electrons. The molecule has 1 saturated heterocycles. The van der Waals surface area contributed by atoms with Crippen molar-refractivity contribution in [3.8, 4) is 22.4 Å². The van der Waals surface area contributed by atoms with Crippen LogP contribution in [0.25, 0.3) is 10.6 Å². The molecule has 1 aromatic heterocycles. The number of nitrogens with one attached hydrogen (secondary N) is 1. The molecule has 1 aliphatic rings.